The lowest BCUT2D eigenvalue weighted by Gasteiger charge is -2.27. The Morgan fingerprint density at radius 1 is 1.52 bits per heavy atom. The van der Waals surface area contributed by atoms with E-state index in [4.69, 9.17) is 0 Å². The molecule has 1 aliphatic rings. The van der Waals surface area contributed by atoms with Crippen molar-refractivity contribution in [2.75, 3.05) is 17.3 Å². The van der Waals surface area contributed by atoms with Gasteiger partial charge in [0.15, 0.2) is 15.0 Å². The summed E-state index contributed by atoms with van der Waals surface area (Å²) in [5, 5.41) is 2.78. The van der Waals surface area contributed by atoms with Gasteiger partial charge in [0.1, 0.15) is 0 Å². The molecule has 0 N–H and O–H groups in total. The number of imidazole rings is 1. The molecule has 0 saturated carbocycles. The van der Waals surface area contributed by atoms with Crippen LogP contribution in [0.4, 0.5) is 0 Å². The number of carbonyl (C=O) groups is 1. The molecule has 136 valence electrons. The summed E-state index contributed by atoms with van der Waals surface area (Å²) in [6.45, 7) is 3.30. The molecular weight excluding hydrogens is 378 g/mol. The lowest BCUT2D eigenvalue weighted by atomic mass is 10.2. The summed E-state index contributed by atoms with van der Waals surface area (Å²) in [6, 6.07) is 3.69. The van der Waals surface area contributed by atoms with Crippen LogP contribution in [-0.4, -0.2) is 52.1 Å². The minimum atomic E-state index is -3.04. The molecule has 2 aromatic heterocycles. The van der Waals surface area contributed by atoms with Crippen LogP contribution < -0.4 is 0 Å². The van der Waals surface area contributed by atoms with Crippen molar-refractivity contribution in [3.8, 4) is 0 Å². The number of thioether (sulfide) groups is 1. The van der Waals surface area contributed by atoms with Gasteiger partial charge in [-0.15, -0.1) is 11.3 Å². The first-order chi connectivity index (χ1) is 12.0. The van der Waals surface area contributed by atoms with Crippen LogP contribution in [0, 0.1) is 0 Å². The van der Waals surface area contributed by atoms with Crippen LogP contribution in [0.15, 0.2) is 35.1 Å². The number of rotatable bonds is 7. The maximum absolute atomic E-state index is 12.8. The van der Waals surface area contributed by atoms with Gasteiger partial charge in [-0.2, -0.15) is 0 Å². The minimum absolute atomic E-state index is 0.0360. The Morgan fingerprint density at radius 2 is 2.36 bits per heavy atom. The molecule has 1 amide bonds. The molecule has 25 heavy (non-hydrogen) atoms. The predicted molar refractivity (Wildman–Crippen MR) is 101 cm³/mol. The Bertz CT molecular complexity index is 815. The highest BCUT2D eigenvalue weighted by Crippen LogP contribution is 2.24. The number of amides is 1. The molecule has 0 aromatic carbocycles. The first kappa shape index (κ1) is 18.5. The number of hydrogen-bond acceptors (Lipinski definition) is 6. The fourth-order valence-corrected chi connectivity index (χ4v) is 6.24. The molecule has 1 saturated heterocycles. The summed E-state index contributed by atoms with van der Waals surface area (Å²) in [4.78, 5) is 19.9. The first-order valence-corrected chi connectivity index (χ1v) is 11.8. The maximum atomic E-state index is 12.8. The number of carbonyl (C=O) groups excluding carboxylic acids is 1. The molecule has 1 atom stereocenters. The van der Waals surface area contributed by atoms with Crippen molar-refractivity contribution in [2.24, 2.45) is 0 Å². The topological polar surface area (TPSA) is 72.3 Å². The zero-order valence-corrected chi connectivity index (χ0v) is 16.4. The summed E-state index contributed by atoms with van der Waals surface area (Å²) in [7, 11) is -3.04. The largest absolute Gasteiger partial charge is 0.333 e. The van der Waals surface area contributed by atoms with Crippen molar-refractivity contribution in [3.05, 3.63) is 34.8 Å². The van der Waals surface area contributed by atoms with Crippen LogP contribution in [0.5, 0.6) is 0 Å². The third-order valence-corrected chi connectivity index (χ3v) is 7.82. The Kier molecular flexibility index (Phi) is 5.85. The van der Waals surface area contributed by atoms with E-state index in [-0.39, 0.29) is 29.2 Å². The van der Waals surface area contributed by atoms with Gasteiger partial charge in [0.25, 0.3) is 0 Å². The summed E-state index contributed by atoms with van der Waals surface area (Å²) in [5.41, 5.74) is 0. The number of nitrogens with zero attached hydrogens (tertiary/aromatic N) is 3. The average Bonchev–Trinajstić information content (AvgIpc) is 3.30. The normalized spacial score (nSPS) is 19.2. The van der Waals surface area contributed by atoms with E-state index in [9.17, 15) is 13.2 Å². The van der Waals surface area contributed by atoms with Crippen LogP contribution in [-0.2, 0) is 27.7 Å². The van der Waals surface area contributed by atoms with E-state index < -0.39 is 9.84 Å². The van der Waals surface area contributed by atoms with Crippen LogP contribution in [0.1, 0.15) is 18.2 Å². The van der Waals surface area contributed by atoms with Gasteiger partial charge in [-0.05, 0) is 24.8 Å². The van der Waals surface area contributed by atoms with Gasteiger partial charge in [0.05, 0.1) is 23.8 Å². The van der Waals surface area contributed by atoms with Crippen molar-refractivity contribution >= 4 is 38.8 Å². The van der Waals surface area contributed by atoms with Crippen molar-refractivity contribution in [1.82, 2.24) is 14.5 Å². The second-order valence-electron chi connectivity index (χ2n) is 5.94. The monoisotopic (exact) mass is 399 g/mol. The molecule has 1 aliphatic heterocycles. The van der Waals surface area contributed by atoms with Gasteiger partial charge in [-0.1, -0.05) is 17.8 Å². The molecule has 2 aromatic rings. The fourth-order valence-electron chi connectivity index (χ4n) is 2.90. The summed E-state index contributed by atoms with van der Waals surface area (Å²) in [5.74, 6) is 0.461. The molecule has 1 fully saturated rings. The highest BCUT2D eigenvalue weighted by atomic mass is 32.2. The molecule has 0 aliphatic carbocycles. The van der Waals surface area contributed by atoms with E-state index in [1.807, 2.05) is 35.2 Å². The Balaban J connectivity index is 1.70. The molecule has 6 nitrogen and oxygen atoms in total. The first-order valence-electron chi connectivity index (χ1n) is 8.14. The van der Waals surface area contributed by atoms with Gasteiger partial charge in [-0.25, -0.2) is 13.4 Å². The number of aromatic nitrogens is 2. The molecule has 0 spiro atoms. The average molecular weight is 400 g/mol. The molecule has 3 rings (SSSR count). The third kappa shape index (κ3) is 4.65. The van der Waals surface area contributed by atoms with E-state index >= 15 is 0 Å². The number of sulfone groups is 1. The third-order valence-electron chi connectivity index (χ3n) is 4.22. The fraction of sp³-hybridized carbons (Fsp3) is 0.500. The molecule has 9 heteroatoms. The molecule has 3 heterocycles. The second-order valence-corrected chi connectivity index (χ2v) is 10.1. The number of thiophene rings is 1. The zero-order chi connectivity index (χ0) is 17.9. The van der Waals surface area contributed by atoms with Crippen molar-refractivity contribution in [3.63, 3.8) is 0 Å². The van der Waals surface area contributed by atoms with Gasteiger partial charge in [0.2, 0.25) is 5.91 Å². The second kappa shape index (κ2) is 7.92. The van der Waals surface area contributed by atoms with Crippen LogP contribution in [0.3, 0.4) is 0 Å². The van der Waals surface area contributed by atoms with Crippen LogP contribution in [0.2, 0.25) is 0 Å². The van der Waals surface area contributed by atoms with Crippen molar-refractivity contribution in [2.45, 2.75) is 37.6 Å². The van der Waals surface area contributed by atoms with Gasteiger partial charge < -0.3 is 9.47 Å². The van der Waals surface area contributed by atoms with Gasteiger partial charge in [0, 0.05) is 29.9 Å². The smallest absolute Gasteiger partial charge is 0.233 e. The highest BCUT2D eigenvalue weighted by Gasteiger charge is 2.34. The SMILES string of the molecule is CCn1ccnc1SCC(=O)N(Cc1cccs1)C1CCS(=O)(=O)C1. The zero-order valence-electron chi connectivity index (χ0n) is 14.0. The number of aryl methyl sites for hydroxylation is 1. The van der Waals surface area contributed by atoms with Crippen molar-refractivity contribution < 1.29 is 13.2 Å². The van der Waals surface area contributed by atoms with Gasteiger partial charge >= 0.3 is 0 Å². The summed E-state index contributed by atoms with van der Waals surface area (Å²) < 4.78 is 25.7. The summed E-state index contributed by atoms with van der Waals surface area (Å²) >= 11 is 2.98. The van der Waals surface area contributed by atoms with E-state index in [2.05, 4.69) is 4.98 Å². The minimum Gasteiger partial charge on any atom is -0.333 e. The quantitative estimate of drug-likeness (QED) is 0.668. The highest BCUT2D eigenvalue weighted by molar-refractivity contribution is 7.99. The van der Waals surface area contributed by atoms with E-state index in [1.165, 1.54) is 11.8 Å². The molecule has 0 bridgehead atoms. The Morgan fingerprint density at radius 3 is 3.00 bits per heavy atom. The van der Waals surface area contributed by atoms with E-state index in [1.54, 1.807) is 22.4 Å². The number of hydrogen-bond donors (Lipinski definition) is 0. The van der Waals surface area contributed by atoms with Crippen LogP contribution >= 0.6 is 23.1 Å². The molecular formula is C16H21N3O3S3. The Labute approximate surface area is 156 Å². The van der Waals surface area contributed by atoms with E-state index in [0.717, 1.165) is 16.6 Å². The lowest BCUT2D eigenvalue weighted by molar-refractivity contribution is -0.130. The van der Waals surface area contributed by atoms with E-state index in [0.29, 0.717) is 13.0 Å². The van der Waals surface area contributed by atoms with Gasteiger partial charge in [-0.3, -0.25) is 4.79 Å². The van der Waals surface area contributed by atoms with Crippen LogP contribution in [0.25, 0.3) is 0 Å². The standard InChI is InChI=1S/C16H21N3O3S3/c1-2-18-7-6-17-16(18)24-11-15(20)19(10-14-4-3-8-23-14)13-5-9-25(21,22)12-13/h3-4,6-8,13H,2,5,9-12H2,1H3. The lowest BCUT2D eigenvalue weighted by Crippen LogP contribution is -2.41. The predicted octanol–water partition coefficient (Wildman–Crippen LogP) is 2.27. The Hall–Kier alpha value is -1.32. The molecule has 0 radical (unpaired) electrons. The summed E-state index contributed by atoms with van der Waals surface area (Å²) in [6.07, 6.45) is 4.14. The maximum Gasteiger partial charge on any atom is 0.233 e. The van der Waals surface area contributed by atoms with Crippen molar-refractivity contribution in [1.29, 1.82) is 0 Å². The molecule has 1 unspecified atom stereocenters.